The molecule has 28 heavy (non-hydrogen) atoms. The molecule has 0 saturated carbocycles. The predicted octanol–water partition coefficient (Wildman–Crippen LogP) is 3.07. The van der Waals surface area contributed by atoms with Crippen molar-refractivity contribution in [3.8, 4) is 17.2 Å². The standard InChI is InChI=1S/C18H17F3N2O5/c1-3-27-14-9-6-12(10-15(14)26-2)17(25)23-22-16(24)11-4-7-13(8-5-11)28-18(19,20)21/h4-10H,3H2,1-2H3,(H,22,24)(H,23,25). The number of benzene rings is 2. The van der Waals surface area contributed by atoms with Gasteiger partial charge in [-0.2, -0.15) is 0 Å². The van der Waals surface area contributed by atoms with Gasteiger partial charge in [-0.25, -0.2) is 0 Å². The molecule has 2 rings (SSSR count). The fourth-order valence-electron chi connectivity index (χ4n) is 2.15. The van der Waals surface area contributed by atoms with Gasteiger partial charge in [-0.15, -0.1) is 13.2 Å². The number of hydrazine groups is 1. The van der Waals surface area contributed by atoms with Crippen molar-refractivity contribution in [3.05, 3.63) is 53.6 Å². The fraction of sp³-hybridized carbons (Fsp3) is 0.222. The smallest absolute Gasteiger partial charge is 0.493 e. The zero-order chi connectivity index (χ0) is 20.7. The third-order valence-corrected chi connectivity index (χ3v) is 3.37. The molecule has 2 amide bonds. The van der Waals surface area contributed by atoms with Crippen molar-refractivity contribution >= 4 is 11.8 Å². The maximum absolute atomic E-state index is 12.2. The van der Waals surface area contributed by atoms with Gasteiger partial charge < -0.3 is 14.2 Å². The molecular weight excluding hydrogens is 381 g/mol. The lowest BCUT2D eigenvalue weighted by atomic mass is 10.2. The molecule has 150 valence electrons. The van der Waals surface area contributed by atoms with Crippen LogP contribution in [0.4, 0.5) is 13.2 Å². The second kappa shape index (κ2) is 8.98. The Bertz CT molecular complexity index is 838. The summed E-state index contributed by atoms with van der Waals surface area (Å²) in [6, 6.07) is 8.71. The second-order valence-corrected chi connectivity index (χ2v) is 5.28. The number of ether oxygens (including phenoxy) is 3. The summed E-state index contributed by atoms with van der Waals surface area (Å²) in [4.78, 5) is 24.2. The first kappa shape index (κ1) is 20.9. The average Bonchev–Trinajstić information content (AvgIpc) is 2.65. The van der Waals surface area contributed by atoms with Crippen LogP contribution in [0.3, 0.4) is 0 Å². The predicted molar refractivity (Wildman–Crippen MR) is 92.2 cm³/mol. The van der Waals surface area contributed by atoms with E-state index < -0.39 is 23.9 Å². The van der Waals surface area contributed by atoms with Crippen LogP contribution in [0.1, 0.15) is 27.6 Å². The second-order valence-electron chi connectivity index (χ2n) is 5.28. The van der Waals surface area contributed by atoms with Crippen molar-refractivity contribution in [2.75, 3.05) is 13.7 Å². The van der Waals surface area contributed by atoms with Gasteiger partial charge in [0.05, 0.1) is 13.7 Å². The molecule has 0 aliphatic heterocycles. The quantitative estimate of drug-likeness (QED) is 0.731. The molecule has 0 fully saturated rings. The summed E-state index contributed by atoms with van der Waals surface area (Å²) in [7, 11) is 1.42. The average molecular weight is 398 g/mol. The number of methoxy groups -OCH3 is 1. The van der Waals surface area contributed by atoms with Crippen molar-refractivity contribution in [3.63, 3.8) is 0 Å². The van der Waals surface area contributed by atoms with Crippen molar-refractivity contribution in [1.82, 2.24) is 10.9 Å². The molecule has 0 aliphatic rings. The van der Waals surface area contributed by atoms with Crippen LogP contribution < -0.4 is 25.1 Å². The topological polar surface area (TPSA) is 85.9 Å². The van der Waals surface area contributed by atoms with Crippen LogP contribution in [0.5, 0.6) is 17.2 Å². The number of amides is 2. The third kappa shape index (κ3) is 5.79. The highest BCUT2D eigenvalue weighted by Gasteiger charge is 2.31. The normalized spacial score (nSPS) is 10.8. The number of carbonyl (C=O) groups is 2. The number of hydrogen-bond donors (Lipinski definition) is 2. The van der Waals surface area contributed by atoms with E-state index in [1.807, 2.05) is 0 Å². The number of nitrogens with one attached hydrogen (secondary N) is 2. The molecule has 0 radical (unpaired) electrons. The van der Waals surface area contributed by atoms with E-state index in [0.29, 0.717) is 18.1 Å². The van der Waals surface area contributed by atoms with E-state index in [9.17, 15) is 22.8 Å². The molecule has 0 saturated heterocycles. The molecule has 2 aromatic rings. The monoisotopic (exact) mass is 398 g/mol. The van der Waals surface area contributed by atoms with Gasteiger partial charge >= 0.3 is 6.36 Å². The van der Waals surface area contributed by atoms with Gasteiger partial charge in [0, 0.05) is 11.1 Å². The zero-order valence-corrected chi connectivity index (χ0v) is 14.9. The number of halogens is 3. The summed E-state index contributed by atoms with van der Waals surface area (Å²) >= 11 is 0. The number of rotatable bonds is 6. The Morgan fingerprint density at radius 3 is 2.04 bits per heavy atom. The van der Waals surface area contributed by atoms with Gasteiger partial charge in [0.15, 0.2) is 11.5 Å². The van der Waals surface area contributed by atoms with Gasteiger partial charge in [0.1, 0.15) is 5.75 Å². The highest BCUT2D eigenvalue weighted by molar-refractivity contribution is 5.99. The van der Waals surface area contributed by atoms with Crippen molar-refractivity contribution in [1.29, 1.82) is 0 Å². The van der Waals surface area contributed by atoms with Crippen molar-refractivity contribution < 1.29 is 37.0 Å². The number of carbonyl (C=O) groups excluding carboxylic acids is 2. The summed E-state index contributed by atoms with van der Waals surface area (Å²) in [5, 5.41) is 0. The van der Waals surface area contributed by atoms with E-state index in [1.54, 1.807) is 13.0 Å². The minimum absolute atomic E-state index is 0.0269. The summed E-state index contributed by atoms with van der Waals surface area (Å²) in [5.74, 6) is -0.987. The summed E-state index contributed by atoms with van der Waals surface area (Å²) in [6.45, 7) is 2.22. The fourth-order valence-corrected chi connectivity index (χ4v) is 2.15. The highest BCUT2D eigenvalue weighted by Crippen LogP contribution is 2.28. The van der Waals surface area contributed by atoms with Gasteiger partial charge in [0.2, 0.25) is 0 Å². The Labute approximate surface area is 158 Å². The number of alkyl halides is 3. The van der Waals surface area contributed by atoms with Crippen LogP contribution in [-0.2, 0) is 0 Å². The minimum Gasteiger partial charge on any atom is -0.493 e. The molecular formula is C18H17F3N2O5. The Morgan fingerprint density at radius 1 is 0.929 bits per heavy atom. The summed E-state index contributed by atoms with van der Waals surface area (Å²) in [5.41, 5.74) is 4.61. The Hall–Kier alpha value is -3.43. The van der Waals surface area contributed by atoms with E-state index in [-0.39, 0.29) is 11.1 Å². The largest absolute Gasteiger partial charge is 0.573 e. The van der Waals surface area contributed by atoms with Gasteiger partial charge in [-0.1, -0.05) is 0 Å². The van der Waals surface area contributed by atoms with Crippen molar-refractivity contribution in [2.45, 2.75) is 13.3 Å². The molecule has 0 bridgehead atoms. The molecule has 10 heteroatoms. The first-order chi connectivity index (χ1) is 13.2. The molecule has 0 unspecified atom stereocenters. The Balaban J connectivity index is 1.97. The lowest BCUT2D eigenvalue weighted by molar-refractivity contribution is -0.274. The molecule has 7 nitrogen and oxygen atoms in total. The molecule has 0 aliphatic carbocycles. The lowest BCUT2D eigenvalue weighted by Gasteiger charge is -2.12. The molecule has 0 atom stereocenters. The zero-order valence-electron chi connectivity index (χ0n) is 14.9. The van der Waals surface area contributed by atoms with Crippen LogP contribution >= 0.6 is 0 Å². The highest BCUT2D eigenvalue weighted by atomic mass is 19.4. The van der Waals surface area contributed by atoms with Crippen molar-refractivity contribution in [2.24, 2.45) is 0 Å². The SMILES string of the molecule is CCOc1ccc(C(=O)NNC(=O)c2ccc(OC(F)(F)F)cc2)cc1OC. The third-order valence-electron chi connectivity index (χ3n) is 3.37. The van der Waals surface area contributed by atoms with Crippen LogP contribution in [0, 0.1) is 0 Å². The Kier molecular flexibility index (Phi) is 6.69. The molecule has 0 heterocycles. The van der Waals surface area contributed by atoms with E-state index >= 15 is 0 Å². The molecule has 0 aromatic heterocycles. The van der Waals surface area contributed by atoms with Gasteiger partial charge in [-0.3, -0.25) is 20.4 Å². The van der Waals surface area contributed by atoms with E-state index in [1.165, 1.54) is 19.2 Å². The Morgan fingerprint density at radius 2 is 1.50 bits per heavy atom. The van der Waals surface area contributed by atoms with Crippen LogP contribution in [0.2, 0.25) is 0 Å². The first-order valence-electron chi connectivity index (χ1n) is 8.01. The van der Waals surface area contributed by atoms with Gasteiger partial charge in [0.25, 0.3) is 11.8 Å². The van der Waals surface area contributed by atoms with Crippen LogP contribution in [-0.4, -0.2) is 31.9 Å². The first-order valence-corrected chi connectivity index (χ1v) is 8.01. The minimum atomic E-state index is -4.82. The summed E-state index contributed by atoms with van der Waals surface area (Å²) in [6.07, 6.45) is -4.82. The van der Waals surface area contributed by atoms with Gasteiger partial charge in [-0.05, 0) is 49.4 Å². The lowest BCUT2D eigenvalue weighted by Crippen LogP contribution is -2.41. The van der Waals surface area contributed by atoms with E-state index in [0.717, 1.165) is 24.3 Å². The summed E-state index contributed by atoms with van der Waals surface area (Å²) < 4.78 is 50.6. The maximum Gasteiger partial charge on any atom is 0.573 e. The van der Waals surface area contributed by atoms with E-state index in [4.69, 9.17) is 9.47 Å². The molecule has 2 N–H and O–H groups in total. The van der Waals surface area contributed by atoms with Crippen LogP contribution in [0.25, 0.3) is 0 Å². The molecule has 0 spiro atoms. The van der Waals surface area contributed by atoms with E-state index in [2.05, 4.69) is 15.6 Å². The molecule has 2 aromatic carbocycles. The maximum atomic E-state index is 12.2. The van der Waals surface area contributed by atoms with Crippen LogP contribution in [0.15, 0.2) is 42.5 Å². The number of hydrogen-bond acceptors (Lipinski definition) is 5.